The molecule has 1 aliphatic heterocycles. The topological polar surface area (TPSA) is 40.5 Å². The molecule has 1 N–H and O–H groups in total. The van der Waals surface area contributed by atoms with Crippen LogP contribution in [0.3, 0.4) is 0 Å². The molecule has 1 amide bonds. The van der Waals surface area contributed by atoms with E-state index < -0.39 is 0 Å². The number of hydrogen-bond donors (Lipinski definition) is 1. The SMILES string of the molecule is CC1(C)CCC(=O)N(CCCCCO)CC1. The van der Waals surface area contributed by atoms with Crippen LogP contribution in [-0.2, 0) is 4.79 Å². The van der Waals surface area contributed by atoms with E-state index in [1.807, 2.05) is 4.90 Å². The lowest BCUT2D eigenvalue weighted by Gasteiger charge is -2.23. The quantitative estimate of drug-likeness (QED) is 0.731. The first kappa shape index (κ1) is 13.5. The number of carbonyl (C=O) groups is 1. The third-order valence-electron chi connectivity index (χ3n) is 3.51. The average molecular weight is 227 g/mol. The third-order valence-corrected chi connectivity index (χ3v) is 3.51. The standard InChI is InChI=1S/C13H25NO2/c1-13(2)7-6-12(16)14(10-8-13)9-4-3-5-11-15/h15H,3-11H2,1-2H3. The molecule has 0 atom stereocenters. The van der Waals surface area contributed by atoms with Crippen LogP contribution in [0.25, 0.3) is 0 Å². The van der Waals surface area contributed by atoms with Gasteiger partial charge in [0, 0.05) is 26.1 Å². The van der Waals surface area contributed by atoms with Gasteiger partial charge in [0.05, 0.1) is 0 Å². The molecule has 0 aromatic heterocycles. The summed E-state index contributed by atoms with van der Waals surface area (Å²) in [7, 11) is 0. The van der Waals surface area contributed by atoms with Gasteiger partial charge in [-0.15, -0.1) is 0 Å². The summed E-state index contributed by atoms with van der Waals surface area (Å²) in [6.07, 6.45) is 5.72. The van der Waals surface area contributed by atoms with Crippen LogP contribution in [0.15, 0.2) is 0 Å². The molecule has 0 aliphatic carbocycles. The van der Waals surface area contributed by atoms with Crippen LogP contribution in [0.2, 0.25) is 0 Å². The molecule has 0 unspecified atom stereocenters. The lowest BCUT2D eigenvalue weighted by atomic mass is 9.85. The minimum absolute atomic E-state index is 0.265. The Morgan fingerprint density at radius 2 is 2.00 bits per heavy atom. The molecule has 0 radical (unpaired) electrons. The molecular formula is C13H25NO2. The van der Waals surface area contributed by atoms with E-state index in [9.17, 15) is 4.79 Å². The highest BCUT2D eigenvalue weighted by molar-refractivity contribution is 5.76. The van der Waals surface area contributed by atoms with E-state index in [1.165, 1.54) is 0 Å². The van der Waals surface area contributed by atoms with Crippen LogP contribution >= 0.6 is 0 Å². The predicted octanol–water partition coefficient (Wildman–Crippen LogP) is 2.19. The molecule has 0 bridgehead atoms. The molecule has 1 saturated heterocycles. The second kappa shape index (κ2) is 6.24. The van der Waals surface area contributed by atoms with E-state index in [-0.39, 0.29) is 6.61 Å². The molecule has 16 heavy (non-hydrogen) atoms. The number of hydrogen-bond acceptors (Lipinski definition) is 2. The molecule has 3 heteroatoms. The van der Waals surface area contributed by atoms with Crippen molar-refractivity contribution in [2.45, 2.75) is 52.4 Å². The predicted molar refractivity (Wildman–Crippen MR) is 65.1 cm³/mol. The van der Waals surface area contributed by atoms with E-state index in [2.05, 4.69) is 13.8 Å². The molecule has 0 spiro atoms. The fourth-order valence-electron chi connectivity index (χ4n) is 2.12. The van der Waals surface area contributed by atoms with Crippen molar-refractivity contribution < 1.29 is 9.90 Å². The minimum atomic E-state index is 0.265. The maximum atomic E-state index is 11.8. The zero-order valence-electron chi connectivity index (χ0n) is 10.7. The summed E-state index contributed by atoms with van der Waals surface area (Å²) in [5.41, 5.74) is 0.315. The molecular weight excluding hydrogens is 202 g/mol. The summed E-state index contributed by atoms with van der Waals surface area (Å²) >= 11 is 0. The molecule has 0 saturated carbocycles. The summed E-state index contributed by atoms with van der Waals surface area (Å²) in [6, 6.07) is 0. The van der Waals surface area contributed by atoms with Crippen molar-refractivity contribution >= 4 is 5.91 Å². The van der Waals surface area contributed by atoms with E-state index in [1.54, 1.807) is 0 Å². The van der Waals surface area contributed by atoms with Crippen molar-refractivity contribution in [1.82, 2.24) is 4.90 Å². The Balaban J connectivity index is 2.32. The van der Waals surface area contributed by atoms with E-state index in [4.69, 9.17) is 5.11 Å². The molecule has 1 aliphatic rings. The summed E-state index contributed by atoms with van der Waals surface area (Å²) in [6.45, 7) is 6.53. The van der Waals surface area contributed by atoms with Gasteiger partial charge >= 0.3 is 0 Å². The van der Waals surface area contributed by atoms with Crippen LogP contribution in [0.4, 0.5) is 0 Å². The van der Waals surface area contributed by atoms with Crippen LogP contribution in [0.1, 0.15) is 52.4 Å². The molecule has 1 heterocycles. The Morgan fingerprint density at radius 3 is 2.69 bits per heavy atom. The summed E-state index contributed by atoms with van der Waals surface area (Å²) in [5.74, 6) is 0.314. The monoisotopic (exact) mass is 227 g/mol. The number of carbonyl (C=O) groups excluding carboxylic acids is 1. The second-order valence-electron chi connectivity index (χ2n) is 5.58. The van der Waals surface area contributed by atoms with Crippen molar-refractivity contribution in [3.63, 3.8) is 0 Å². The normalized spacial score (nSPS) is 20.9. The maximum absolute atomic E-state index is 11.8. The first-order chi connectivity index (χ1) is 7.55. The highest BCUT2D eigenvalue weighted by atomic mass is 16.2. The number of nitrogens with zero attached hydrogens (tertiary/aromatic N) is 1. The van der Waals surface area contributed by atoms with Crippen molar-refractivity contribution in [1.29, 1.82) is 0 Å². The van der Waals surface area contributed by atoms with E-state index in [0.29, 0.717) is 17.7 Å². The average Bonchev–Trinajstić information content (AvgIpc) is 2.36. The highest BCUT2D eigenvalue weighted by Gasteiger charge is 2.26. The first-order valence-corrected chi connectivity index (χ1v) is 6.44. The van der Waals surface area contributed by atoms with Crippen molar-refractivity contribution in [2.24, 2.45) is 5.41 Å². The number of rotatable bonds is 5. The lowest BCUT2D eigenvalue weighted by molar-refractivity contribution is -0.130. The third kappa shape index (κ3) is 4.52. The van der Waals surface area contributed by atoms with Gasteiger partial charge in [0.15, 0.2) is 0 Å². The summed E-state index contributed by atoms with van der Waals surface area (Å²) in [5, 5.41) is 8.69. The van der Waals surface area contributed by atoms with Crippen LogP contribution < -0.4 is 0 Å². The van der Waals surface area contributed by atoms with Gasteiger partial charge in [0.1, 0.15) is 0 Å². The van der Waals surface area contributed by atoms with Gasteiger partial charge in [0.25, 0.3) is 0 Å². The Labute approximate surface area is 98.8 Å². The van der Waals surface area contributed by atoms with Gasteiger partial charge in [-0.3, -0.25) is 4.79 Å². The fourth-order valence-corrected chi connectivity index (χ4v) is 2.12. The Hall–Kier alpha value is -0.570. The number of aliphatic hydroxyl groups excluding tert-OH is 1. The summed E-state index contributed by atoms with van der Waals surface area (Å²) < 4.78 is 0. The largest absolute Gasteiger partial charge is 0.396 e. The smallest absolute Gasteiger partial charge is 0.222 e. The Kier molecular flexibility index (Phi) is 5.26. The van der Waals surface area contributed by atoms with Crippen molar-refractivity contribution in [3.05, 3.63) is 0 Å². The van der Waals surface area contributed by atoms with E-state index in [0.717, 1.165) is 45.2 Å². The van der Waals surface area contributed by atoms with Gasteiger partial charge in [-0.2, -0.15) is 0 Å². The van der Waals surface area contributed by atoms with Gasteiger partial charge in [0.2, 0.25) is 5.91 Å². The Morgan fingerprint density at radius 1 is 1.25 bits per heavy atom. The number of amides is 1. The first-order valence-electron chi connectivity index (χ1n) is 6.44. The Bertz CT molecular complexity index is 226. The molecule has 1 rings (SSSR count). The molecule has 94 valence electrons. The van der Waals surface area contributed by atoms with Gasteiger partial charge in [-0.25, -0.2) is 0 Å². The molecule has 1 fully saturated rings. The van der Waals surface area contributed by atoms with Gasteiger partial charge in [-0.1, -0.05) is 13.8 Å². The van der Waals surface area contributed by atoms with Gasteiger partial charge < -0.3 is 10.0 Å². The zero-order valence-corrected chi connectivity index (χ0v) is 10.7. The van der Waals surface area contributed by atoms with E-state index >= 15 is 0 Å². The molecule has 0 aromatic carbocycles. The van der Waals surface area contributed by atoms with Crippen molar-refractivity contribution in [3.8, 4) is 0 Å². The lowest BCUT2D eigenvalue weighted by Crippen LogP contribution is -2.31. The maximum Gasteiger partial charge on any atom is 0.222 e. The van der Waals surface area contributed by atoms with Crippen LogP contribution in [-0.4, -0.2) is 35.6 Å². The molecule has 0 aromatic rings. The fraction of sp³-hybridized carbons (Fsp3) is 0.923. The van der Waals surface area contributed by atoms with Crippen LogP contribution in [0, 0.1) is 5.41 Å². The van der Waals surface area contributed by atoms with Gasteiger partial charge in [-0.05, 0) is 37.5 Å². The number of unbranched alkanes of at least 4 members (excludes halogenated alkanes) is 2. The minimum Gasteiger partial charge on any atom is -0.396 e. The highest BCUT2D eigenvalue weighted by Crippen LogP contribution is 2.30. The second-order valence-corrected chi connectivity index (χ2v) is 5.58. The van der Waals surface area contributed by atoms with Crippen molar-refractivity contribution in [2.75, 3.05) is 19.7 Å². The number of aliphatic hydroxyl groups is 1. The number of likely N-dealkylation sites (tertiary alicyclic amines) is 1. The molecule has 3 nitrogen and oxygen atoms in total. The van der Waals surface area contributed by atoms with Crippen LogP contribution in [0.5, 0.6) is 0 Å². The zero-order chi connectivity index (χ0) is 12.0. The summed E-state index contributed by atoms with van der Waals surface area (Å²) in [4.78, 5) is 13.8.